The number of anilines is 1. The number of hydrogen-bond donors (Lipinski definition) is 2. The van der Waals surface area contributed by atoms with E-state index in [2.05, 4.69) is 20.3 Å². The molecule has 2 aromatic heterocycles. The molecule has 1 unspecified atom stereocenters. The Labute approximate surface area is 183 Å². The average molecular weight is 441 g/mol. The number of nitrogens with one attached hydrogen (secondary N) is 1. The number of aromatic hydroxyl groups is 1. The van der Waals surface area contributed by atoms with Gasteiger partial charge in [0.15, 0.2) is 17.0 Å². The standard InChI is InChI=1S/C21H23N5O6/c1-12(27)30-9-17-16(31-13(2)28)7-18(32-17)26-11-25-19-20(23-10-24-21(19)26)22-8-14-5-3-4-6-15(14)29/h3-6,10-11,16-18,29H,7-9H2,1-2H3,(H,22,23,24)/t16-,17?,18-/m1/s1. The van der Waals surface area contributed by atoms with Gasteiger partial charge in [-0.25, -0.2) is 15.0 Å². The molecule has 1 aliphatic rings. The summed E-state index contributed by atoms with van der Waals surface area (Å²) in [6.45, 7) is 2.94. The average Bonchev–Trinajstić information content (AvgIpc) is 3.35. The van der Waals surface area contributed by atoms with E-state index in [-0.39, 0.29) is 12.4 Å². The Kier molecular flexibility index (Phi) is 6.17. The van der Waals surface area contributed by atoms with Gasteiger partial charge in [-0.1, -0.05) is 18.2 Å². The van der Waals surface area contributed by atoms with E-state index in [1.165, 1.54) is 20.2 Å². The fourth-order valence-electron chi connectivity index (χ4n) is 3.59. The molecule has 11 nitrogen and oxygen atoms in total. The van der Waals surface area contributed by atoms with Crippen LogP contribution in [0.1, 0.15) is 32.1 Å². The summed E-state index contributed by atoms with van der Waals surface area (Å²) in [5, 5.41) is 13.1. The van der Waals surface area contributed by atoms with Crippen LogP contribution in [0.3, 0.4) is 0 Å². The molecule has 1 aromatic carbocycles. The number of fused-ring (bicyclic) bond motifs is 1. The molecule has 0 spiro atoms. The van der Waals surface area contributed by atoms with E-state index in [4.69, 9.17) is 14.2 Å². The van der Waals surface area contributed by atoms with Gasteiger partial charge < -0.3 is 24.6 Å². The third-order valence-corrected chi connectivity index (χ3v) is 5.06. The summed E-state index contributed by atoms with van der Waals surface area (Å²) in [4.78, 5) is 35.7. The first-order valence-electron chi connectivity index (χ1n) is 10.1. The van der Waals surface area contributed by atoms with Crippen LogP contribution in [-0.4, -0.2) is 55.4 Å². The van der Waals surface area contributed by atoms with Gasteiger partial charge in [-0.3, -0.25) is 14.2 Å². The van der Waals surface area contributed by atoms with Gasteiger partial charge in [-0.15, -0.1) is 0 Å². The van der Waals surface area contributed by atoms with Gasteiger partial charge in [-0.2, -0.15) is 0 Å². The maximum absolute atomic E-state index is 11.5. The number of esters is 2. The lowest BCUT2D eigenvalue weighted by molar-refractivity contribution is -0.155. The first-order valence-corrected chi connectivity index (χ1v) is 10.1. The summed E-state index contributed by atoms with van der Waals surface area (Å²) in [7, 11) is 0. The van der Waals surface area contributed by atoms with Crippen molar-refractivity contribution in [2.24, 2.45) is 0 Å². The topological polar surface area (TPSA) is 138 Å². The summed E-state index contributed by atoms with van der Waals surface area (Å²) in [5.41, 5.74) is 1.77. The molecule has 0 amide bonds. The molecule has 4 rings (SSSR count). The summed E-state index contributed by atoms with van der Waals surface area (Å²) in [6.07, 6.45) is 1.63. The molecule has 0 bridgehead atoms. The second-order valence-corrected chi connectivity index (χ2v) is 7.34. The highest BCUT2D eigenvalue weighted by Gasteiger charge is 2.40. The number of ether oxygens (including phenoxy) is 3. The van der Waals surface area contributed by atoms with Crippen molar-refractivity contribution in [2.45, 2.75) is 45.2 Å². The molecule has 32 heavy (non-hydrogen) atoms. The summed E-state index contributed by atoms with van der Waals surface area (Å²) in [6, 6.07) is 7.02. The van der Waals surface area contributed by atoms with Gasteiger partial charge in [0.2, 0.25) is 0 Å². The van der Waals surface area contributed by atoms with Crippen molar-refractivity contribution in [2.75, 3.05) is 11.9 Å². The lowest BCUT2D eigenvalue weighted by Crippen LogP contribution is -2.31. The maximum Gasteiger partial charge on any atom is 0.303 e. The molecule has 3 aromatic rings. The number of phenolic OH excluding ortho intramolecular Hbond substituents is 1. The molecular weight excluding hydrogens is 418 g/mol. The van der Waals surface area contributed by atoms with Crippen molar-refractivity contribution in [3.8, 4) is 5.75 Å². The van der Waals surface area contributed by atoms with Crippen LogP contribution in [-0.2, 0) is 30.3 Å². The number of carbonyl (C=O) groups is 2. The molecule has 3 heterocycles. The van der Waals surface area contributed by atoms with E-state index >= 15 is 0 Å². The minimum atomic E-state index is -0.606. The van der Waals surface area contributed by atoms with Crippen molar-refractivity contribution in [1.29, 1.82) is 0 Å². The maximum atomic E-state index is 11.5. The van der Waals surface area contributed by atoms with Crippen LogP contribution in [0.4, 0.5) is 5.82 Å². The van der Waals surface area contributed by atoms with Gasteiger partial charge in [0.25, 0.3) is 0 Å². The Morgan fingerprint density at radius 2 is 2.03 bits per heavy atom. The third-order valence-electron chi connectivity index (χ3n) is 5.06. The fourth-order valence-corrected chi connectivity index (χ4v) is 3.59. The monoisotopic (exact) mass is 441 g/mol. The van der Waals surface area contributed by atoms with Gasteiger partial charge in [0.05, 0.1) is 6.33 Å². The van der Waals surface area contributed by atoms with Crippen molar-refractivity contribution in [3.05, 3.63) is 42.5 Å². The highest BCUT2D eigenvalue weighted by Crippen LogP contribution is 2.33. The number of carbonyl (C=O) groups excluding carboxylic acids is 2. The van der Waals surface area contributed by atoms with Gasteiger partial charge >= 0.3 is 11.9 Å². The first-order chi connectivity index (χ1) is 15.4. The number of hydrogen-bond acceptors (Lipinski definition) is 10. The minimum absolute atomic E-state index is 0.0290. The molecule has 0 radical (unpaired) electrons. The molecule has 1 fully saturated rings. The Morgan fingerprint density at radius 3 is 2.78 bits per heavy atom. The lowest BCUT2D eigenvalue weighted by atomic mass is 10.2. The minimum Gasteiger partial charge on any atom is -0.508 e. The van der Waals surface area contributed by atoms with Gasteiger partial charge in [-0.05, 0) is 6.07 Å². The molecular formula is C21H23N5O6. The molecule has 2 N–H and O–H groups in total. The number of aromatic nitrogens is 4. The van der Waals surface area contributed by atoms with Crippen LogP contribution in [0, 0.1) is 0 Å². The second kappa shape index (κ2) is 9.18. The quantitative estimate of drug-likeness (QED) is 0.523. The molecule has 0 saturated carbocycles. The molecule has 1 saturated heterocycles. The van der Waals surface area contributed by atoms with Crippen LogP contribution < -0.4 is 5.32 Å². The van der Waals surface area contributed by atoms with Crippen molar-refractivity contribution in [1.82, 2.24) is 19.5 Å². The van der Waals surface area contributed by atoms with Crippen LogP contribution in [0.5, 0.6) is 5.75 Å². The largest absolute Gasteiger partial charge is 0.508 e. The first kappa shape index (κ1) is 21.5. The smallest absolute Gasteiger partial charge is 0.303 e. The number of nitrogens with zero attached hydrogens (tertiary/aromatic N) is 4. The van der Waals surface area contributed by atoms with E-state index in [0.717, 1.165) is 5.56 Å². The zero-order chi connectivity index (χ0) is 22.7. The summed E-state index contributed by atoms with van der Waals surface area (Å²) < 4.78 is 18.2. The number of benzene rings is 1. The van der Waals surface area contributed by atoms with Gasteiger partial charge in [0, 0.05) is 32.4 Å². The van der Waals surface area contributed by atoms with Crippen molar-refractivity contribution in [3.63, 3.8) is 0 Å². The lowest BCUT2D eigenvalue weighted by Gasteiger charge is -2.17. The highest BCUT2D eigenvalue weighted by molar-refractivity contribution is 5.82. The van der Waals surface area contributed by atoms with E-state index < -0.39 is 30.4 Å². The zero-order valence-corrected chi connectivity index (χ0v) is 17.6. The van der Waals surface area contributed by atoms with Crippen molar-refractivity contribution >= 4 is 28.9 Å². The van der Waals surface area contributed by atoms with E-state index in [9.17, 15) is 14.7 Å². The van der Waals surface area contributed by atoms with E-state index in [0.29, 0.717) is 29.9 Å². The highest BCUT2D eigenvalue weighted by atomic mass is 16.6. The second-order valence-electron chi connectivity index (χ2n) is 7.34. The van der Waals surface area contributed by atoms with Crippen LogP contribution in [0.2, 0.25) is 0 Å². The molecule has 11 heteroatoms. The van der Waals surface area contributed by atoms with E-state index in [1.54, 1.807) is 23.0 Å². The molecule has 0 aliphatic carbocycles. The normalized spacial score (nSPS) is 20.2. The van der Waals surface area contributed by atoms with Crippen LogP contribution >= 0.6 is 0 Å². The number of phenols is 1. The Balaban J connectivity index is 1.54. The SMILES string of the molecule is CC(=O)OCC1O[C@@H](n2cnc3c(NCc4ccccc4O)ncnc32)C[C@H]1OC(C)=O. The molecule has 168 valence electrons. The molecule has 1 aliphatic heterocycles. The number of rotatable bonds is 7. The molecule has 3 atom stereocenters. The zero-order valence-electron chi connectivity index (χ0n) is 17.6. The Hall–Kier alpha value is -3.73. The predicted octanol–water partition coefficient (Wildman–Crippen LogP) is 1.93. The van der Waals surface area contributed by atoms with Crippen LogP contribution in [0.15, 0.2) is 36.9 Å². The number of imidazole rings is 1. The Bertz CT molecular complexity index is 1130. The van der Waals surface area contributed by atoms with Gasteiger partial charge in [0.1, 0.15) is 37.1 Å². The van der Waals surface area contributed by atoms with Crippen molar-refractivity contribution < 1.29 is 28.9 Å². The summed E-state index contributed by atoms with van der Waals surface area (Å²) >= 11 is 0. The summed E-state index contributed by atoms with van der Waals surface area (Å²) in [5.74, 6) is -0.200. The number of para-hydroxylation sites is 1. The fraction of sp³-hybridized carbons (Fsp3) is 0.381. The Morgan fingerprint density at radius 1 is 1.22 bits per heavy atom. The van der Waals surface area contributed by atoms with E-state index in [1.807, 2.05) is 12.1 Å². The predicted molar refractivity (Wildman–Crippen MR) is 111 cm³/mol. The third kappa shape index (κ3) is 4.62. The van der Waals surface area contributed by atoms with Crippen LogP contribution in [0.25, 0.3) is 11.2 Å².